The van der Waals surface area contributed by atoms with Gasteiger partial charge in [-0.2, -0.15) is 4.31 Å². The summed E-state index contributed by atoms with van der Waals surface area (Å²) in [5.74, 6) is -2.40. The van der Waals surface area contributed by atoms with Crippen molar-refractivity contribution in [2.45, 2.75) is 0 Å². The molecule has 2 rings (SSSR count). The van der Waals surface area contributed by atoms with Crippen LogP contribution in [0.15, 0.2) is 17.5 Å². The molecule has 0 saturated carbocycles. The van der Waals surface area contributed by atoms with Crippen LogP contribution in [0.5, 0.6) is 0 Å². The quantitative estimate of drug-likeness (QED) is 0.838. The standard InChI is InChI=1S/C11H14N2O5S2/c14-10(15)8-20(17,18)13-5-3-12(4-6-13)11(16)9-2-1-7-19-9/h1-2,7H,3-6,8H2,(H,14,15). The minimum Gasteiger partial charge on any atom is -0.480 e. The maximum Gasteiger partial charge on any atom is 0.320 e. The lowest BCUT2D eigenvalue weighted by Gasteiger charge is -2.33. The highest BCUT2D eigenvalue weighted by Gasteiger charge is 2.30. The second kappa shape index (κ2) is 5.90. The molecule has 110 valence electrons. The molecule has 2 heterocycles. The predicted molar refractivity (Wildman–Crippen MR) is 73.2 cm³/mol. The van der Waals surface area contributed by atoms with Crippen LogP contribution >= 0.6 is 11.3 Å². The first kappa shape index (κ1) is 14.9. The Morgan fingerprint density at radius 1 is 1.25 bits per heavy atom. The molecule has 1 amide bonds. The van der Waals surface area contributed by atoms with Crippen LogP contribution in [0.3, 0.4) is 0 Å². The summed E-state index contributed by atoms with van der Waals surface area (Å²) in [5, 5.41) is 10.4. The third kappa shape index (κ3) is 3.35. The van der Waals surface area contributed by atoms with Gasteiger partial charge in [0, 0.05) is 26.2 Å². The molecule has 0 spiro atoms. The van der Waals surface area contributed by atoms with Gasteiger partial charge in [0.15, 0.2) is 5.75 Å². The number of thiophene rings is 1. The van der Waals surface area contributed by atoms with E-state index in [4.69, 9.17) is 5.11 Å². The average molecular weight is 318 g/mol. The zero-order chi connectivity index (χ0) is 14.8. The minimum atomic E-state index is -3.79. The van der Waals surface area contributed by atoms with Crippen LogP contribution in [0, 0.1) is 0 Å². The first-order valence-corrected chi connectivity index (χ1v) is 8.41. The Kier molecular flexibility index (Phi) is 4.41. The molecule has 1 aliphatic rings. The maximum atomic E-state index is 12.1. The van der Waals surface area contributed by atoms with E-state index in [1.54, 1.807) is 22.4 Å². The summed E-state index contributed by atoms with van der Waals surface area (Å²) in [5.41, 5.74) is 0. The lowest BCUT2D eigenvalue weighted by Crippen LogP contribution is -2.51. The number of aliphatic carboxylic acids is 1. The van der Waals surface area contributed by atoms with Crippen molar-refractivity contribution in [3.05, 3.63) is 22.4 Å². The predicted octanol–water partition coefficient (Wildman–Crippen LogP) is -0.0797. The molecule has 20 heavy (non-hydrogen) atoms. The largest absolute Gasteiger partial charge is 0.480 e. The zero-order valence-electron chi connectivity index (χ0n) is 10.6. The second-order valence-corrected chi connectivity index (χ2v) is 7.24. The SMILES string of the molecule is O=C(O)CS(=O)(=O)N1CCN(C(=O)c2cccs2)CC1. The lowest BCUT2D eigenvalue weighted by molar-refractivity contribution is -0.134. The van der Waals surface area contributed by atoms with Crippen molar-refractivity contribution < 1.29 is 23.1 Å². The number of carboxylic acids is 1. The van der Waals surface area contributed by atoms with E-state index in [1.165, 1.54) is 11.3 Å². The fourth-order valence-corrected chi connectivity index (χ4v) is 3.88. The van der Waals surface area contributed by atoms with Crippen LogP contribution in [0.25, 0.3) is 0 Å². The van der Waals surface area contributed by atoms with E-state index < -0.39 is 21.7 Å². The van der Waals surface area contributed by atoms with Crippen LogP contribution in [-0.4, -0.2) is 66.5 Å². The number of nitrogens with zero attached hydrogens (tertiary/aromatic N) is 2. The Morgan fingerprint density at radius 2 is 1.90 bits per heavy atom. The van der Waals surface area contributed by atoms with Crippen molar-refractivity contribution in [3.63, 3.8) is 0 Å². The van der Waals surface area contributed by atoms with Crippen molar-refractivity contribution in [1.29, 1.82) is 0 Å². The number of rotatable bonds is 4. The van der Waals surface area contributed by atoms with Crippen LogP contribution < -0.4 is 0 Å². The molecule has 0 unspecified atom stereocenters. The Morgan fingerprint density at radius 3 is 2.40 bits per heavy atom. The molecule has 0 bridgehead atoms. The van der Waals surface area contributed by atoms with Gasteiger partial charge in [-0.1, -0.05) is 6.07 Å². The summed E-state index contributed by atoms with van der Waals surface area (Å²) < 4.78 is 24.6. The van der Waals surface area contributed by atoms with Crippen LogP contribution in [0.2, 0.25) is 0 Å². The van der Waals surface area contributed by atoms with Gasteiger partial charge in [-0.05, 0) is 11.4 Å². The molecule has 1 aliphatic heterocycles. The summed E-state index contributed by atoms with van der Waals surface area (Å²) in [4.78, 5) is 24.8. The van der Waals surface area contributed by atoms with Gasteiger partial charge in [-0.3, -0.25) is 9.59 Å². The highest BCUT2D eigenvalue weighted by molar-refractivity contribution is 7.89. The molecule has 0 aromatic carbocycles. The number of sulfonamides is 1. The average Bonchev–Trinajstić information content (AvgIpc) is 2.90. The second-order valence-electron chi connectivity index (χ2n) is 4.32. The number of carbonyl (C=O) groups is 2. The van der Waals surface area contributed by atoms with Crippen LogP contribution in [0.1, 0.15) is 9.67 Å². The lowest BCUT2D eigenvalue weighted by atomic mass is 10.3. The number of carboxylic acid groups (broad SMARTS) is 1. The van der Waals surface area contributed by atoms with Crippen LogP contribution in [0.4, 0.5) is 0 Å². The fourth-order valence-electron chi connectivity index (χ4n) is 1.97. The summed E-state index contributed by atoms with van der Waals surface area (Å²) in [6, 6.07) is 3.51. The molecule has 0 radical (unpaired) electrons. The Bertz CT molecular complexity index is 588. The molecular weight excluding hydrogens is 304 g/mol. The molecule has 0 aliphatic carbocycles. The summed E-state index contributed by atoms with van der Waals surface area (Å²) in [6.45, 7) is 0.810. The monoisotopic (exact) mass is 318 g/mol. The van der Waals surface area contributed by atoms with Crippen molar-refractivity contribution in [1.82, 2.24) is 9.21 Å². The van der Waals surface area contributed by atoms with E-state index in [1.807, 2.05) is 0 Å². The normalized spacial score (nSPS) is 17.1. The van der Waals surface area contributed by atoms with Crippen molar-refractivity contribution in [2.75, 3.05) is 31.9 Å². The number of carbonyl (C=O) groups excluding carboxylic acids is 1. The highest BCUT2D eigenvalue weighted by Crippen LogP contribution is 2.15. The highest BCUT2D eigenvalue weighted by atomic mass is 32.2. The van der Waals surface area contributed by atoms with Crippen molar-refractivity contribution in [2.24, 2.45) is 0 Å². The first-order valence-electron chi connectivity index (χ1n) is 5.92. The molecular formula is C11H14N2O5S2. The molecule has 9 heteroatoms. The summed E-state index contributed by atoms with van der Waals surface area (Å²) in [6.07, 6.45) is 0. The van der Waals surface area contributed by atoms with Gasteiger partial charge in [0.05, 0.1) is 4.88 Å². The van der Waals surface area contributed by atoms with Crippen molar-refractivity contribution in [3.8, 4) is 0 Å². The van der Waals surface area contributed by atoms with E-state index in [0.29, 0.717) is 4.88 Å². The minimum absolute atomic E-state index is 0.115. The molecule has 7 nitrogen and oxygen atoms in total. The van der Waals surface area contributed by atoms with Gasteiger partial charge >= 0.3 is 5.97 Å². The van der Waals surface area contributed by atoms with Gasteiger partial charge in [0.25, 0.3) is 5.91 Å². The number of hydrogen-bond acceptors (Lipinski definition) is 5. The van der Waals surface area contributed by atoms with Gasteiger partial charge in [0.2, 0.25) is 10.0 Å². The molecule has 1 N–H and O–H groups in total. The van der Waals surface area contributed by atoms with Crippen molar-refractivity contribution >= 4 is 33.2 Å². The number of piperazine rings is 1. The van der Waals surface area contributed by atoms with E-state index in [0.717, 1.165) is 4.31 Å². The maximum absolute atomic E-state index is 12.1. The van der Waals surface area contributed by atoms with Gasteiger partial charge in [-0.25, -0.2) is 8.42 Å². The third-order valence-electron chi connectivity index (χ3n) is 2.96. The van der Waals surface area contributed by atoms with E-state index in [-0.39, 0.29) is 32.1 Å². The zero-order valence-corrected chi connectivity index (χ0v) is 12.2. The van der Waals surface area contributed by atoms with Crippen LogP contribution in [-0.2, 0) is 14.8 Å². The fraction of sp³-hybridized carbons (Fsp3) is 0.455. The first-order chi connectivity index (χ1) is 9.40. The molecule has 1 saturated heterocycles. The van der Waals surface area contributed by atoms with E-state index in [2.05, 4.69) is 0 Å². The Balaban J connectivity index is 1.96. The topological polar surface area (TPSA) is 95.0 Å². The van der Waals surface area contributed by atoms with E-state index in [9.17, 15) is 18.0 Å². The Hall–Kier alpha value is -1.45. The number of hydrogen-bond donors (Lipinski definition) is 1. The van der Waals surface area contributed by atoms with Gasteiger partial charge in [-0.15, -0.1) is 11.3 Å². The summed E-state index contributed by atoms with van der Waals surface area (Å²) in [7, 11) is -3.79. The molecule has 0 atom stereocenters. The van der Waals surface area contributed by atoms with Gasteiger partial charge in [0.1, 0.15) is 0 Å². The summed E-state index contributed by atoms with van der Waals surface area (Å²) >= 11 is 1.34. The molecule has 1 aromatic rings. The molecule has 1 aromatic heterocycles. The number of amides is 1. The smallest absolute Gasteiger partial charge is 0.320 e. The Labute approximate surface area is 120 Å². The third-order valence-corrected chi connectivity index (χ3v) is 5.58. The molecule has 1 fully saturated rings. The van der Waals surface area contributed by atoms with E-state index >= 15 is 0 Å². The van der Waals surface area contributed by atoms with Gasteiger partial charge < -0.3 is 10.0 Å².